The summed E-state index contributed by atoms with van der Waals surface area (Å²) >= 11 is 0. The van der Waals surface area contributed by atoms with Gasteiger partial charge in [-0.1, -0.05) is 53.2 Å². The molecule has 4 saturated carbocycles. The molecule has 7 heteroatoms. The van der Waals surface area contributed by atoms with Gasteiger partial charge < -0.3 is 30.6 Å². The van der Waals surface area contributed by atoms with Crippen molar-refractivity contribution in [2.75, 3.05) is 6.61 Å². The fourth-order valence-electron chi connectivity index (χ4n) is 11.0. The van der Waals surface area contributed by atoms with Gasteiger partial charge in [0.25, 0.3) is 0 Å². The molecular weight excluding hydrogens is 472 g/mol. The molecule has 37 heavy (non-hydrogen) atoms. The van der Waals surface area contributed by atoms with E-state index in [9.17, 15) is 35.4 Å². The van der Waals surface area contributed by atoms with Crippen molar-refractivity contribution in [3.8, 4) is 0 Å². The van der Waals surface area contributed by atoms with E-state index >= 15 is 0 Å². The zero-order valence-corrected chi connectivity index (χ0v) is 23.4. The van der Waals surface area contributed by atoms with E-state index < -0.39 is 63.4 Å². The maximum atomic E-state index is 12.8. The topological polar surface area (TPSA) is 138 Å². The molecule has 0 heterocycles. The monoisotopic (exact) mass is 520 g/mol. The fourth-order valence-corrected chi connectivity index (χ4v) is 11.0. The van der Waals surface area contributed by atoms with Crippen molar-refractivity contribution in [2.45, 2.75) is 111 Å². The highest BCUT2D eigenvalue weighted by atomic mass is 16.4. The predicted octanol–water partition coefficient (Wildman–Crippen LogP) is 3.12. The van der Waals surface area contributed by atoms with Gasteiger partial charge in [-0.15, -0.1) is 0 Å². The summed E-state index contributed by atoms with van der Waals surface area (Å²) in [6, 6.07) is 0. The van der Waals surface area contributed by atoms with Crippen LogP contribution < -0.4 is 0 Å². The third-order valence-electron chi connectivity index (χ3n) is 13.1. The summed E-state index contributed by atoms with van der Waals surface area (Å²) in [4.78, 5) is 12.8. The molecular formula is C30H48O7. The molecule has 0 saturated heterocycles. The number of hydrogen-bond donors (Lipinski definition) is 6. The van der Waals surface area contributed by atoms with Gasteiger partial charge in [0.2, 0.25) is 0 Å². The smallest absolute Gasteiger partial charge is 0.312 e. The largest absolute Gasteiger partial charge is 0.481 e. The number of carbonyl (C=O) groups is 1. The van der Waals surface area contributed by atoms with Crippen LogP contribution in [0.1, 0.15) is 86.5 Å². The van der Waals surface area contributed by atoms with Crippen LogP contribution in [0.15, 0.2) is 11.6 Å². The maximum Gasteiger partial charge on any atom is 0.312 e. The van der Waals surface area contributed by atoms with Crippen LogP contribution in [0.25, 0.3) is 0 Å². The molecule has 0 amide bonds. The van der Waals surface area contributed by atoms with Crippen LogP contribution in [0.2, 0.25) is 0 Å². The first-order valence-electron chi connectivity index (χ1n) is 14.2. The Morgan fingerprint density at radius 3 is 2.16 bits per heavy atom. The van der Waals surface area contributed by atoms with Crippen molar-refractivity contribution in [1.29, 1.82) is 0 Å². The van der Waals surface area contributed by atoms with Crippen LogP contribution in [-0.4, -0.2) is 67.6 Å². The molecule has 0 bridgehead atoms. The molecule has 0 spiro atoms. The van der Waals surface area contributed by atoms with E-state index in [-0.39, 0.29) is 23.9 Å². The Balaban J connectivity index is 1.67. The molecule has 4 fully saturated rings. The normalized spacial score (nSPS) is 56.7. The molecule has 7 nitrogen and oxygen atoms in total. The standard InChI is InChI=1S/C30H48O7/c1-25(2)9-10-30(24(36)37)17(11-25)16-7-8-20-26(3)12-19(33)23(35)27(4,15-31)22(26)18(32)13-29(20,6)28(16,5)14-21(30)34/h7,17-23,31-35H,8-15H2,1-6H3,(H,36,37)/t17-,18-,19+,20-,21-,22?,23+,26-,27?,28-,29-,30-/m1/s1. The SMILES string of the molecule is CC1(C)CC[C@]2(C(=O)O)[C@H](O)C[C@]3(C)C(=CC[C@@H]4[C@@]5(C)C[C@H](O)[C@H](O)C(C)(CO)C5[C@H](O)C[C@]43C)[C@H]2C1. The second kappa shape index (κ2) is 8.03. The number of aliphatic hydroxyl groups excluding tert-OH is 5. The minimum Gasteiger partial charge on any atom is -0.481 e. The number of aliphatic hydroxyl groups is 5. The Labute approximate surface area is 221 Å². The van der Waals surface area contributed by atoms with Crippen molar-refractivity contribution >= 4 is 5.97 Å². The molecule has 5 aliphatic rings. The van der Waals surface area contributed by atoms with Crippen LogP contribution >= 0.6 is 0 Å². The Bertz CT molecular complexity index is 1010. The van der Waals surface area contributed by atoms with Crippen LogP contribution in [0, 0.1) is 50.2 Å². The summed E-state index contributed by atoms with van der Waals surface area (Å²) < 4.78 is 0. The first-order valence-corrected chi connectivity index (χ1v) is 14.2. The van der Waals surface area contributed by atoms with E-state index in [0.717, 1.165) is 12.0 Å². The van der Waals surface area contributed by atoms with Gasteiger partial charge in [-0.3, -0.25) is 4.79 Å². The van der Waals surface area contributed by atoms with Gasteiger partial charge in [-0.2, -0.15) is 0 Å². The molecule has 0 aliphatic heterocycles. The molecule has 5 rings (SSSR count). The maximum absolute atomic E-state index is 12.8. The van der Waals surface area contributed by atoms with Crippen molar-refractivity contribution in [3.63, 3.8) is 0 Å². The van der Waals surface area contributed by atoms with Gasteiger partial charge in [0.15, 0.2) is 0 Å². The lowest BCUT2D eigenvalue weighted by atomic mass is 9.32. The highest BCUT2D eigenvalue weighted by Gasteiger charge is 2.73. The number of carboxylic acids is 1. The minimum atomic E-state index is -1.19. The second-order valence-corrected chi connectivity index (χ2v) is 15.3. The van der Waals surface area contributed by atoms with Gasteiger partial charge in [0.05, 0.1) is 31.0 Å². The summed E-state index contributed by atoms with van der Waals surface area (Å²) in [6.07, 6.45) is 1.99. The Morgan fingerprint density at radius 1 is 0.919 bits per heavy atom. The van der Waals surface area contributed by atoms with Crippen molar-refractivity contribution in [1.82, 2.24) is 0 Å². The summed E-state index contributed by atoms with van der Waals surface area (Å²) in [5.74, 6) is -1.56. The van der Waals surface area contributed by atoms with Gasteiger partial charge in [0, 0.05) is 11.3 Å². The fraction of sp³-hybridized carbons (Fsp3) is 0.900. The first kappa shape index (κ1) is 27.6. The molecule has 210 valence electrons. The van der Waals surface area contributed by atoms with E-state index in [0.29, 0.717) is 38.5 Å². The van der Waals surface area contributed by atoms with E-state index in [4.69, 9.17) is 0 Å². The van der Waals surface area contributed by atoms with E-state index in [1.165, 1.54) is 0 Å². The molecule has 6 N–H and O–H groups in total. The molecule has 12 atom stereocenters. The Hall–Kier alpha value is -0.990. The number of hydrogen-bond acceptors (Lipinski definition) is 6. The van der Waals surface area contributed by atoms with E-state index in [1.54, 1.807) is 6.92 Å². The van der Waals surface area contributed by atoms with Gasteiger partial charge in [-0.25, -0.2) is 0 Å². The summed E-state index contributed by atoms with van der Waals surface area (Å²) in [5, 5.41) is 66.3. The molecule has 2 unspecified atom stereocenters. The van der Waals surface area contributed by atoms with Crippen molar-refractivity contribution in [2.24, 2.45) is 50.2 Å². The average molecular weight is 521 g/mol. The molecule has 0 aromatic heterocycles. The van der Waals surface area contributed by atoms with Crippen molar-refractivity contribution in [3.05, 3.63) is 11.6 Å². The number of allylic oxidation sites excluding steroid dienone is 2. The van der Waals surface area contributed by atoms with E-state index in [2.05, 4.69) is 40.7 Å². The van der Waals surface area contributed by atoms with E-state index in [1.807, 2.05) is 0 Å². The van der Waals surface area contributed by atoms with Crippen molar-refractivity contribution < 1.29 is 35.4 Å². The molecule has 0 aromatic rings. The number of carboxylic acid groups (broad SMARTS) is 1. The highest BCUT2D eigenvalue weighted by Crippen LogP contribution is 2.75. The minimum absolute atomic E-state index is 0.0244. The first-order chi connectivity index (χ1) is 16.9. The van der Waals surface area contributed by atoms with Crippen LogP contribution in [0.3, 0.4) is 0 Å². The summed E-state index contributed by atoms with van der Waals surface area (Å²) in [5.41, 5.74) is -2.70. The number of rotatable bonds is 2. The quantitative estimate of drug-likeness (QED) is 0.308. The second-order valence-electron chi connectivity index (χ2n) is 15.3. The molecule has 5 aliphatic carbocycles. The Morgan fingerprint density at radius 2 is 1.57 bits per heavy atom. The Kier molecular flexibility index (Phi) is 5.98. The van der Waals surface area contributed by atoms with Gasteiger partial charge in [0.1, 0.15) is 5.41 Å². The number of fused-ring (bicyclic) bond motifs is 7. The predicted molar refractivity (Wildman–Crippen MR) is 138 cm³/mol. The third-order valence-corrected chi connectivity index (χ3v) is 13.1. The zero-order chi connectivity index (χ0) is 27.6. The average Bonchev–Trinajstić information content (AvgIpc) is 2.77. The lowest BCUT2D eigenvalue weighted by Crippen LogP contribution is -2.72. The highest BCUT2D eigenvalue weighted by molar-refractivity contribution is 5.77. The molecule has 0 aromatic carbocycles. The van der Waals surface area contributed by atoms with Crippen LogP contribution in [-0.2, 0) is 4.79 Å². The third kappa shape index (κ3) is 3.21. The van der Waals surface area contributed by atoms with Crippen LogP contribution in [0.5, 0.6) is 0 Å². The lowest BCUT2D eigenvalue weighted by molar-refractivity contribution is -0.276. The molecule has 0 radical (unpaired) electrons. The van der Waals surface area contributed by atoms with Gasteiger partial charge >= 0.3 is 5.97 Å². The zero-order valence-electron chi connectivity index (χ0n) is 23.4. The summed E-state index contributed by atoms with van der Waals surface area (Å²) in [7, 11) is 0. The lowest BCUT2D eigenvalue weighted by Gasteiger charge is -2.72. The summed E-state index contributed by atoms with van der Waals surface area (Å²) in [6.45, 7) is 12.3. The van der Waals surface area contributed by atoms with Gasteiger partial charge in [-0.05, 0) is 78.4 Å². The van der Waals surface area contributed by atoms with Crippen LogP contribution in [0.4, 0.5) is 0 Å². The number of aliphatic carboxylic acids is 1.